The molecule has 0 radical (unpaired) electrons. The van der Waals surface area contributed by atoms with Crippen molar-refractivity contribution in [3.63, 3.8) is 0 Å². The number of benzene rings is 1. The lowest BCUT2D eigenvalue weighted by atomic mass is 10.0. The number of carbonyl (C=O) groups is 1. The number of rotatable bonds is 5. The Balaban J connectivity index is 2.04. The average Bonchev–Trinajstić information content (AvgIpc) is 2.80. The normalized spacial score (nSPS) is 22.4. The molecule has 1 aromatic rings. The van der Waals surface area contributed by atoms with E-state index >= 15 is 0 Å². The summed E-state index contributed by atoms with van der Waals surface area (Å²) in [5.74, 6) is -0.391. The van der Waals surface area contributed by atoms with Gasteiger partial charge in [-0.25, -0.2) is 8.42 Å². The van der Waals surface area contributed by atoms with Crippen molar-refractivity contribution in [1.82, 2.24) is 5.32 Å². The van der Waals surface area contributed by atoms with E-state index in [1.165, 1.54) is 0 Å². The third-order valence-corrected chi connectivity index (χ3v) is 5.47. The summed E-state index contributed by atoms with van der Waals surface area (Å²) >= 11 is 0. The van der Waals surface area contributed by atoms with E-state index in [0.717, 1.165) is 18.4 Å². The first-order valence-corrected chi connectivity index (χ1v) is 8.89. The van der Waals surface area contributed by atoms with Gasteiger partial charge in [0, 0.05) is 0 Å². The van der Waals surface area contributed by atoms with Crippen molar-refractivity contribution in [3.8, 4) is 0 Å². The molecule has 1 heterocycles. The molecule has 1 amide bonds. The summed E-state index contributed by atoms with van der Waals surface area (Å²) in [6.07, 6.45) is 2.26. The Morgan fingerprint density at radius 3 is 2.60 bits per heavy atom. The van der Waals surface area contributed by atoms with Gasteiger partial charge < -0.3 is 5.32 Å². The Morgan fingerprint density at radius 2 is 2.05 bits per heavy atom. The van der Waals surface area contributed by atoms with Crippen LogP contribution in [0, 0.1) is 5.92 Å². The molecule has 4 nitrogen and oxygen atoms in total. The zero-order chi connectivity index (χ0) is 14.6. The Bertz CT molecular complexity index is 554. The summed E-state index contributed by atoms with van der Waals surface area (Å²) in [4.78, 5) is 12.2. The molecule has 0 saturated carbocycles. The zero-order valence-corrected chi connectivity index (χ0v) is 12.5. The fourth-order valence-corrected chi connectivity index (χ4v) is 4.33. The van der Waals surface area contributed by atoms with Crippen molar-refractivity contribution in [2.24, 2.45) is 5.92 Å². The smallest absolute Gasteiger partial charge is 0.224 e. The maximum absolute atomic E-state index is 12.2. The van der Waals surface area contributed by atoms with E-state index in [4.69, 9.17) is 0 Å². The van der Waals surface area contributed by atoms with Gasteiger partial charge in [0.05, 0.1) is 23.5 Å². The monoisotopic (exact) mass is 295 g/mol. The van der Waals surface area contributed by atoms with Crippen LogP contribution in [0.4, 0.5) is 0 Å². The van der Waals surface area contributed by atoms with Crippen molar-refractivity contribution < 1.29 is 13.2 Å². The van der Waals surface area contributed by atoms with Gasteiger partial charge in [0.2, 0.25) is 5.91 Å². The number of amides is 1. The lowest BCUT2D eigenvalue weighted by molar-refractivity contribution is -0.125. The maximum atomic E-state index is 12.2. The Morgan fingerprint density at radius 1 is 1.35 bits per heavy atom. The second-order valence-electron chi connectivity index (χ2n) is 5.36. The van der Waals surface area contributed by atoms with Crippen LogP contribution < -0.4 is 5.32 Å². The van der Waals surface area contributed by atoms with Crippen LogP contribution in [0.1, 0.15) is 37.8 Å². The topological polar surface area (TPSA) is 63.2 Å². The zero-order valence-electron chi connectivity index (χ0n) is 11.7. The van der Waals surface area contributed by atoms with Crippen molar-refractivity contribution >= 4 is 15.7 Å². The number of hydrogen-bond donors (Lipinski definition) is 1. The van der Waals surface area contributed by atoms with Gasteiger partial charge in [0.25, 0.3) is 0 Å². The Kier molecular flexibility index (Phi) is 4.81. The standard InChI is InChI=1S/C15H21NO3S/c1-2-6-14(12-7-4-3-5-8-12)16-15(17)13-9-10-20(18,19)11-13/h3-5,7-8,13-14H,2,6,9-11H2,1H3,(H,16,17)/t13-,14-/m0/s1. The molecule has 0 aliphatic carbocycles. The molecule has 0 bridgehead atoms. The van der Waals surface area contributed by atoms with Crippen molar-refractivity contribution in [2.75, 3.05) is 11.5 Å². The van der Waals surface area contributed by atoms with E-state index < -0.39 is 9.84 Å². The lowest BCUT2D eigenvalue weighted by Crippen LogP contribution is -2.34. The molecule has 20 heavy (non-hydrogen) atoms. The number of nitrogens with one attached hydrogen (secondary N) is 1. The third kappa shape index (κ3) is 3.82. The number of hydrogen-bond acceptors (Lipinski definition) is 3. The third-order valence-electron chi connectivity index (χ3n) is 3.70. The van der Waals surface area contributed by atoms with Gasteiger partial charge in [-0.2, -0.15) is 0 Å². The summed E-state index contributed by atoms with van der Waals surface area (Å²) in [6, 6.07) is 9.79. The molecule has 1 aliphatic heterocycles. The van der Waals surface area contributed by atoms with E-state index in [1.54, 1.807) is 0 Å². The highest BCUT2D eigenvalue weighted by molar-refractivity contribution is 7.91. The Labute approximate surface area is 120 Å². The molecular formula is C15H21NO3S. The van der Waals surface area contributed by atoms with E-state index in [0.29, 0.717) is 6.42 Å². The van der Waals surface area contributed by atoms with Crippen molar-refractivity contribution in [1.29, 1.82) is 0 Å². The average molecular weight is 295 g/mol. The molecule has 1 aromatic carbocycles. The van der Waals surface area contributed by atoms with Gasteiger partial charge in [-0.05, 0) is 18.4 Å². The quantitative estimate of drug-likeness (QED) is 0.904. The molecule has 110 valence electrons. The molecule has 1 saturated heterocycles. The van der Waals surface area contributed by atoms with E-state index in [-0.39, 0.29) is 29.4 Å². The minimum Gasteiger partial charge on any atom is -0.349 e. The minimum atomic E-state index is -3.01. The summed E-state index contributed by atoms with van der Waals surface area (Å²) in [6.45, 7) is 2.07. The molecule has 1 fully saturated rings. The van der Waals surface area contributed by atoms with Crippen LogP contribution in [0.2, 0.25) is 0 Å². The molecule has 0 aromatic heterocycles. The van der Waals surface area contributed by atoms with Gasteiger partial charge in [0.15, 0.2) is 9.84 Å². The van der Waals surface area contributed by atoms with Gasteiger partial charge >= 0.3 is 0 Å². The van der Waals surface area contributed by atoms with Crippen molar-refractivity contribution in [3.05, 3.63) is 35.9 Å². The SMILES string of the molecule is CCC[C@H](NC(=O)[C@H]1CCS(=O)(=O)C1)c1ccccc1. The first-order valence-electron chi connectivity index (χ1n) is 7.07. The van der Waals surface area contributed by atoms with Gasteiger partial charge in [-0.3, -0.25) is 4.79 Å². The summed E-state index contributed by atoms with van der Waals surface area (Å²) in [5, 5.41) is 3.01. The summed E-state index contributed by atoms with van der Waals surface area (Å²) < 4.78 is 22.9. The van der Waals surface area contributed by atoms with Crippen LogP contribution in [0.15, 0.2) is 30.3 Å². The van der Waals surface area contributed by atoms with E-state index in [9.17, 15) is 13.2 Å². The predicted molar refractivity (Wildman–Crippen MR) is 79.0 cm³/mol. The molecular weight excluding hydrogens is 274 g/mol. The first-order chi connectivity index (χ1) is 9.52. The second-order valence-corrected chi connectivity index (χ2v) is 7.59. The maximum Gasteiger partial charge on any atom is 0.224 e. The molecule has 1 N–H and O–H groups in total. The highest BCUT2D eigenvalue weighted by Gasteiger charge is 2.33. The van der Waals surface area contributed by atoms with E-state index in [2.05, 4.69) is 12.2 Å². The van der Waals surface area contributed by atoms with Crippen LogP contribution in [-0.4, -0.2) is 25.8 Å². The minimum absolute atomic E-state index is 0.00747. The molecule has 0 unspecified atom stereocenters. The molecule has 0 spiro atoms. The fourth-order valence-electron chi connectivity index (χ4n) is 2.59. The molecule has 1 aliphatic rings. The van der Waals surface area contributed by atoms with Crippen LogP contribution in [0.25, 0.3) is 0 Å². The largest absolute Gasteiger partial charge is 0.349 e. The van der Waals surface area contributed by atoms with Crippen LogP contribution in [0.5, 0.6) is 0 Å². The fraction of sp³-hybridized carbons (Fsp3) is 0.533. The Hall–Kier alpha value is -1.36. The highest BCUT2D eigenvalue weighted by Crippen LogP contribution is 2.22. The van der Waals surface area contributed by atoms with E-state index in [1.807, 2.05) is 30.3 Å². The molecule has 5 heteroatoms. The summed E-state index contributed by atoms with van der Waals surface area (Å²) in [7, 11) is -3.01. The second kappa shape index (κ2) is 6.39. The molecule has 2 atom stereocenters. The predicted octanol–water partition coefficient (Wildman–Crippen LogP) is 2.08. The van der Waals surface area contributed by atoms with Gasteiger partial charge in [0.1, 0.15) is 0 Å². The van der Waals surface area contributed by atoms with Crippen LogP contribution in [0.3, 0.4) is 0 Å². The molecule has 2 rings (SSSR count). The summed E-state index contributed by atoms with van der Waals surface area (Å²) in [5.41, 5.74) is 1.07. The van der Waals surface area contributed by atoms with Crippen LogP contribution >= 0.6 is 0 Å². The highest BCUT2D eigenvalue weighted by atomic mass is 32.2. The van der Waals surface area contributed by atoms with Crippen LogP contribution in [-0.2, 0) is 14.6 Å². The van der Waals surface area contributed by atoms with Gasteiger partial charge in [-0.15, -0.1) is 0 Å². The lowest BCUT2D eigenvalue weighted by Gasteiger charge is -2.20. The number of sulfone groups is 1. The van der Waals surface area contributed by atoms with Crippen molar-refractivity contribution in [2.45, 2.75) is 32.2 Å². The van der Waals surface area contributed by atoms with Gasteiger partial charge in [-0.1, -0.05) is 43.7 Å². The first kappa shape index (κ1) is 15.0. The number of carbonyl (C=O) groups excluding carboxylic acids is 1.